The quantitative estimate of drug-likeness (QED) is 0.868. The Morgan fingerprint density at radius 2 is 2.00 bits per heavy atom. The molecule has 1 aromatic rings. The van der Waals surface area contributed by atoms with Crippen molar-refractivity contribution >= 4 is 27.1 Å². The van der Waals surface area contributed by atoms with Crippen LogP contribution in [0.2, 0.25) is 5.02 Å². The molecule has 1 rings (SSSR count). The van der Waals surface area contributed by atoms with Crippen LogP contribution in [0.5, 0.6) is 0 Å². The summed E-state index contributed by atoms with van der Waals surface area (Å²) in [5.74, 6) is 0.390. The van der Waals surface area contributed by atoms with Crippen molar-refractivity contribution in [1.29, 1.82) is 0 Å². The van der Waals surface area contributed by atoms with Gasteiger partial charge in [-0.05, 0) is 31.0 Å². The fourth-order valence-corrected chi connectivity index (χ4v) is 3.06. The molecule has 1 N–H and O–H groups in total. The molecule has 0 bridgehead atoms. The normalized spacial score (nSPS) is 11.5. The van der Waals surface area contributed by atoms with Crippen molar-refractivity contribution in [3.8, 4) is 0 Å². The van der Waals surface area contributed by atoms with E-state index in [0.29, 0.717) is 18.0 Å². The number of anilines is 1. The van der Waals surface area contributed by atoms with Gasteiger partial charge in [0.05, 0.1) is 16.5 Å². The lowest BCUT2D eigenvalue weighted by molar-refractivity contribution is 0.595. The zero-order chi connectivity index (χ0) is 12.9. The minimum Gasteiger partial charge on any atom is -0.383 e. The molecule has 0 aliphatic carbocycles. The molecule has 0 saturated heterocycles. The molecule has 96 valence electrons. The number of halogens is 1. The molecular weight excluding hydrogens is 258 g/mol. The molecule has 0 fully saturated rings. The molecule has 0 amide bonds. The fourth-order valence-electron chi connectivity index (χ4n) is 1.52. The summed E-state index contributed by atoms with van der Waals surface area (Å²) >= 11 is 6.03. The minimum atomic E-state index is -2.93. The van der Waals surface area contributed by atoms with E-state index in [1.807, 2.05) is 32.0 Å². The number of benzene rings is 1. The minimum absolute atomic E-state index is 0.144. The molecule has 0 heterocycles. The summed E-state index contributed by atoms with van der Waals surface area (Å²) in [6.07, 6.45) is 0.660. The first kappa shape index (κ1) is 14.3. The second kappa shape index (κ2) is 6.26. The summed E-state index contributed by atoms with van der Waals surface area (Å²) in [5.41, 5.74) is 1.86. The van der Waals surface area contributed by atoms with Gasteiger partial charge in [-0.15, -0.1) is 0 Å². The predicted molar refractivity (Wildman–Crippen MR) is 73.6 cm³/mol. The summed E-state index contributed by atoms with van der Waals surface area (Å²) in [7, 11) is -2.93. The van der Waals surface area contributed by atoms with Gasteiger partial charge < -0.3 is 5.32 Å². The number of nitrogens with one attached hydrogen (secondary N) is 1. The lowest BCUT2D eigenvalue weighted by Crippen LogP contribution is -2.18. The third-order valence-corrected chi connectivity index (χ3v) is 4.54. The summed E-state index contributed by atoms with van der Waals surface area (Å²) in [5, 5.41) is 3.67. The van der Waals surface area contributed by atoms with E-state index in [9.17, 15) is 8.42 Å². The largest absolute Gasteiger partial charge is 0.383 e. The van der Waals surface area contributed by atoms with Gasteiger partial charge in [-0.1, -0.05) is 24.6 Å². The highest BCUT2D eigenvalue weighted by molar-refractivity contribution is 7.91. The van der Waals surface area contributed by atoms with E-state index >= 15 is 0 Å². The van der Waals surface area contributed by atoms with Gasteiger partial charge >= 0.3 is 0 Å². The predicted octanol–water partition coefficient (Wildman–Crippen LogP) is 2.89. The SMILES string of the molecule is CCCS(=O)(=O)CCNc1ccc(C)cc1Cl. The van der Waals surface area contributed by atoms with Crippen LogP contribution in [0, 0.1) is 6.92 Å². The molecule has 0 aliphatic heterocycles. The smallest absolute Gasteiger partial charge is 0.152 e. The van der Waals surface area contributed by atoms with E-state index in [-0.39, 0.29) is 11.5 Å². The van der Waals surface area contributed by atoms with Crippen molar-refractivity contribution in [2.75, 3.05) is 23.4 Å². The van der Waals surface area contributed by atoms with E-state index in [1.165, 1.54) is 0 Å². The highest BCUT2D eigenvalue weighted by Gasteiger charge is 2.09. The molecular formula is C12H18ClNO2S. The monoisotopic (exact) mass is 275 g/mol. The van der Waals surface area contributed by atoms with Crippen LogP contribution in [-0.2, 0) is 9.84 Å². The second-order valence-corrected chi connectivity index (χ2v) is 6.77. The Morgan fingerprint density at radius 3 is 2.59 bits per heavy atom. The molecule has 1 aromatic carbocycles. The van der Waals surface area contributed by atoms with Gasteiger partial charge in [-0.25, -0.2) is 8.42 Å². The van der Waals surface area contributed by atoms with Crippen molar-refractivity contribution in [2.24, 2.45) is 0 Å². The van der Waals surface area contributed by atoms with E-state index in [4.69, 9.17) is 11.6 Å². The number of aryl methyl sites for hydroxylation is 1. The van der Waals surface area contributed by atoms with Gasteiger partial charge in [0.2, 0.25) is 0 Å². The third kappa shape index (κ3) is 4.96. The van der Waals surface area contributed by atoms with Crippen molar-refractivity contribution in [1.82, 2.24) is 0 Å². The molecule has 0 aromatic heterocycles. The first-order valence-electron chi connectivity index (χ1n) is 5.65. The Bertz CT molecular complexity index is 471. The lowest BCUT2D eigenvalue weighted by atomic mass is 10.2. The van der Waals surface area contributed by atoms with E-state index in [2.05, 4.69) is 5.32 Å². The van der Waals surface area contributed by atoms with Crippen LogP contribution in [0.25, 0.3) is 0 Å². The van der Waals surface area contributed by atoms with Crippen LogP contribution in [0.4, 0.5) is 5.69 Å². The van der Waals surface area contributed by atoms with Crippen molar-refractivity contribution in [2.45, 2.75) is 20.3 Å². The first-order valence-corrected chi connectivity index (χ1v) is 7.85. The second-order valence-electron chi connectivity index (χ2n) is 4.06. The Morgan fingerprint density at radius 1 is 1.29 bits per heavy atom. The summed E-state index contributed by atoms with van der Waals surface area (Å²) < 4.78 is 23.0. The van der Waals surface area contributed by atoms with Crippen LogP contribution in [0.3, 0.4) is 0 Å². The van der Waals surface area contributed by atoms with Crippen molar-refractivity contribution < 1.29 is 8.42 Å². The number of hydrogen-bond acceptors (Lipinski definition) is 3. The Labute approximate surface area is 108 Å². The molecule has 0 radical (unpaired) electrons. The maximum atomic E-state index is 11.5. The highest BCUT2D eigenvalue weighted by atomic mass is 35.5. The van der Waals surface area contributed by atoms with Crippen molar-refractivity contribution in [3.63, 3.8) is 0 Å². The van der Waals surface area contributed by atoms with Crippen LogP contribution >= 0.6 is 11.6 Å². The van der Waals surface area contributed by atoms with Gasteiger partial charge in [-0.3, -0.25) is 0 Å². The summed E-state index contributed by atoms with van der Waals surface area (Å²) in [4.78, 5) is 0. The van der Waals surface area contributed by atoms with Gasteiger partial charge in [-0.2, -0.15) is 0 Å². The molecule has 17 heavy (non-hydrogen) atoms. The van der Waals surface area contributed by atoms with Crippen LogP contribution < -0.4 is 5.32 Å². The van der Waals surface area contributed by atoms with E-state index in [1.54, 1.807) is 0 Å². The molecule has 0 atom stereocenters. The standard InChI is InChI=1S/C12H18ClNO2S/c1-3-7-17(15,16)8-6-14-12-5-4-10(2)9-11(12)13/h4-5,9,14H,3,6-8H2,1-2H3. The van der Waals surface area contributed by atoms with Gasteiger partial charge in [0.15, 0.2) is 9.84 Å². The molecule has 0 spiro atoms. The van der Waals surface area contributed by atoms with Crippen molar-refractivity contribution in [3.05, 3.63) is 28.8 Å². The van der Waals surface area contributed by atoms with Gasteiger partial charge in [0.25, 0.3) is 0 Å². The topological polar surface area (TPSA) is 46.2 Å². The van der Waals surface area contributed by atoms with Gasteiger partial charge in [0.1, 0.15) is 0 Å². The zero-order valence-corrected chi connectivity index (χ0v) is 11.7. The lowest BCUT2D eigenvalue weighted by Gasteiger charge is -2.09. The maximum Gasteiger partial charge on any atom is 0.152 e. The fraction of sp³-hybridized carbons (Fsp3) is 0.500. The van der Waals surface area contributed by atoms with E-state index < -0.39 is 9.84 Å². The average molecular weight is 276 g/mol. The maximum absolute atomic E-state index is 11.5. The third-order valence-electron chi connectivity index (χ3n) is 2.37. The number of hydrogen-bond donors (Lipinski definition) is 1. The summed E-state index contributed by atoms with van der Waals surface area (Å²) in [6, 6.07) is 5.66. The van der Waals surface area contributed by atoms with Crippen LogP contribution in [-0.4, -0.2) is 26.5 Å². The first-order chi connectivity index (χ1) is 7.94. The summed E-state index contributed by atoms with van der Waals surface area (Å²) in [6.45, 7) is 4.22. The van der Waals surface area contributed by atoms with Gasteiger partial charge in [0, 0.05) is 12.3 Å². The van der Waals surface area contributed by atoms with E-state index in [0.717, 1.165) is 11.3 Å². The van der Waals surface area contributed by atoms with Crippen LogP contribution in [0.15, 0.2) is 18.2 Å². The zero-order valence-electron chi connectivity index (χ0n) is 10.2. The van der Waals surface area contributed by atoms with Crippen LogP contribution in [0.1, 0.15) is 18.9 Å². The average Bonchev–Trinajstić information content (AvgIpc) is 2.21. The molecule has 5 heteroatoms. The Balaban J connectivity index is 2.51. The molecule has 0 aliphatic rings. The number of rotatable bonds is 6. The highest BCUT2D eigenvalue weighted by Crippen LogP contribution is 2.22. The Kier molecular flexibility index (Phi) is 5.28. The molecule has 0 saturated carbocycles. The Hall–Kier alpha value is -0.740. The molecule has 3 nitrogen and oxygen atoms in total. The number of sulfone groups is 1. The molecule has 0 unspecified atom stereocenters.